The number of nitrogens with one attached hydrogen (secondary N) is 1. The Labute approximate surface area is 167 Å². The Hall–Kier alpha value is -3.22. The van der Waals surface area contributed by atoms with Crippen LogP contribution in [0.2, 0.25) is 0 Å². The molecule has 7 heteroatoms. The number of H-pyrrole nitrogens is 1. The summed E-state index contributed by atoms with van der Waals surface area (Å²) in [5, 5.41) is 0. The Balaban J connectivity index is 1.79. The molecule has 0 saturated carbocycles. The van der Waals surface area contributed by atoms with Crippen LogP contribution < -0.4 is 10.5 Å². The number of aromatic nitrogens is 1. The average molecular weight is 397 g/mol. The standard InChI is InChI=1S/C22H21F2N3O2/c1-13(2)27-8-4-5-15(12-27)16-9-17(20(28)25-11-16)14-6-7-19-18(10-14)22(23,24)21(29)26(19)3/h4-7,9-13H,8H2,1-3H3,(H,25,28). The topological polar surface area (TPSA) is 56.4 Å². The van der Waals surface area contributed by atoms with Crippen molar-refractivity contribution >= 4 is 17.2 Å². The molecule has 0 saturated heterocycles. The summed E-state index contributed by atoms with van der Waals surface area (Å²) in [7, 11) is 1.32. The molecule has 29 heavy (non-hydrogen) atoms. The Morgan fingerprint density at radius 1 is 1.14 bits per heavy atom. The number of allylic oxidation sites excluding steroid dienone is 2. The molecule has 0 radical (unpaired) electrons. The second kappa shape index (κ2) is 6.69. The fourth-order valence-corrected chi connectivity index (χ4v) is 3.65. The van der Waals surface area contributed by atoms with Gasteiger partial charge in [0.05, 0.1) is 11.3 Å². The zero-order valence-corrected chi connectivity index (χ0v) is 16.4. The fraction of sp³-hybridized carbons (Fsp3) is 0.273. The predicted octanol–water partition coefficient (Wildman–Crippen LogP) is 3.73. The van der Waals surface area contributed by atoms with E-state index < -0.39 is 11.8 Å². The molecule has 0 atom stereocenters. The number of hydrogen-bond donors (Lipinski definition) is 1. The normalized spacial score (nSPS) is 17.7. The molecule has 1 amide bonds. The molecule has 0 fully saturated rings. The number of hydrogen-bond acceptors (Lipinski definition) is 3. The zero-order chi connectivity index (χ0) is 20.9. The molecule has 4 rings (SSSR count). The van der Waals surface area contributed by atoms with Gasteiger partial charge in [-0.15, -0.1) is 0 Å². The van der Waals surface area contributed by atoms with Gasteiger partial charge in [-0.25, -0.2) is 0 Å². The molecule has 2 aliphatic rings. The molecule has 1 aromatic heterocycles. The van der Waals surface area contributed by atoms with Crippen molar-refractivity contribution in [1.29, 1.82) is 0 Å². The summed E-state index contributed by atoms with van der Waals surface area (Å²) in [5.74, 6) is -4.87. The Morgan fingerprint density at radius 2 is 1.90 bits per heavy atom. The number of benzene rings is 1. The van der Waals surface area contributed by atoms with Crippen molar-refractivity contribution in [2.24, 2.45) is 0 Å². The van der Waals surface area contributed by atoms with E-state index in [0.29, 0.717) is 11.6 Å². The summed E-state index contributed by atoms with van der Waals surface area (Å²) in [6.45, 7) is 4.99. The molecule has 0 aliphatic carbocycles. The van der Waals surface area contributed by atoms with Gasteiger partial charge in [-0.1, -0.05) is 18.2 Å². The van der Waals surface area contributed by atoms with Gasteiger partial charge in [0.15, 0.2) is 0 Å². The number of anilines is 1. The van der Waals surface area contributed by atoms with Crippen molar-refractivity contribution in [3.63, 3.8) is 0 Å². The first-order valence-electron chi connectivity index (χ1n) is 9.38. The Bertz CT molecular complexity index is 1120. The fourth-order valence-electron chi connectivity index (χ4n) is 3.65. The predicted molar refractivity (Wildman–Crippen MR) is 109 cm³/mol. The molecule has 1 aromatic carbocycles. The van der Waals surface area contributed by atoms with E-state index in [1.54, 1.807) is 18.3 Å². The van der Waals surface area contributed by atoms with E-state index >= 15 is 0 Å². The van der Waals surface area contributed by atoms with Crippen LogP contribution in [-0.2, 0) is 10.7 Å². The third kappa shape index (κ3) is 3.06. The maximum absolute atomic E-state index is 14.4. The van der Waals surface area contributed by atoms with E-state index in [9.17, 15) is 18.4 Å². The van der Waals surface area contributed by atoms with Crippen molar-refractivity contribution in [2.45, 2.75) is 25.8 Å². The number of fused-ring (bicyclic) bond motifs is 1. The number of carbonyl (C=O) groups excluding carboxylic acids is 1. The summed E-state index contributed by atoms with van der Waals surface area (Å²) < 4.78 is 28.7. The van der Waals surface area contributed by atoms with Crippen LogP contribution in [0.1, 0.15) is 25.0 Å². The lowest BCUT2D eigenvalue weighted by molar-refractivity contribution is -0.141. The van der Waals surface area contributed by atoms with Gasteiger partial charge < -0.3 is 14.8 Å². The van der Waals surface area contributed by atoms with Gasteiger partial charge >= 0.3 is 11.8 Å². The summed E-state index contributed by atoms with van der Waals surface area (Å²) in [6.07, 6.45) is 7.65. The molecule has 2 aromatic rings. The maximum atomic E-state index is 14.4. The molecule has 2 aliphatic heterocycles. The van der Waals surface area contributed by atoms with Crippen LogP contribution in [0.3, 0.4) is 0 Å². The SMILES string of the molecule is CC(C)N1C=C(c2c[nH]c(=O)c(-c3ccc4c(c3)C(F)(F)C(=O)N4C)c2)C=CC1. The van der Waals surface area contributed by atoms with Crippen molar-refractivity contribution < 1.29 is 13.6 Å². The lowest BCUT2D eigenvalue weighted by Gasteiger charge is -2.27. The number of rotatable bonds is 3. The number of nitrogens with zero attached hydrogens (tertiary/aromatic N) is 2. The summed E-state index contributed by atoms with van der Waals surface area (Å²) >= 11 is 0. The third-order valence-corrected chi connectivity index (χ3v) is 5.40. The monoisotopic (exact) mass is 397 g/mol. The third-order valence-electron chi connectivity index (χ3n) is 5.40. The van der Waals surface area contributed by atoms with Gasteiger partial charge in [0.1, 0.15) is 0 Å². The van der Waals surface area contributed by atoms with E-state index in [2.05, 4.69) is 23.7 Å². The van der Waals surface area contributed by atoms with Crippen LogP contribution >= 0.6 is 0 Å². The van der Waals surface area contributed by atoms with Crippen molar-refractivity contribution in [1.82, 2.24) is 9.88 Å². The molecular formula is C22H21F2N3O2. The minimum absolute atomic E-state index is 0.154. The Kier molecular flexibility index (Phi) is 4.41. The van der Waals surface area contributed by atoms with Crippen molar-refractivity contribution in [3.05, 3.63) is 70.3 Å². The molecule has 0 spiro atoms. The number of halogens is 2. The van der Waals surface area contributed by atoms with Gasteiger partial charge in [-0.05, 0) is 43.2 Å². The highest BCUT2D eigenvalue weighted by Crippen LogP contribution is 2.44. The number of amides is 1. The molecule has 0 bridgehead atoms. The first-order valence-corrected chi connectivity index (χ1v) is 9.38. The van der Waals surface area contributed by atoms with E-state index in [1.165, 1.54) is 19.2 Å². The number of alkyl halides is 2. The average Bonchev–Trinajstić information content (AvgIpc) is 2.88. The lowest BCUT2D eigenvalue weighted by Crippen LogP contribution is -2.31. The summed E-state index contributed by atoms with van der Waals surface area (Å²) in [4.78, 5) is 30.1. The van der Waals surface area contributed by atoms with Crippen LogP contribution in [-0.4, -0.2) is 35.4 Å². The molecule has 3 heterocycles. The van der Waals surface area contributed by atoms with Crippen LogP contribution in [0.5, 0.6) is 0 Å². The van der Waals surface area contributed by atoms with Crippen LogP contribution in [0.4, 0.5) is 14.5 Å². The summed E-state index contributed by atoms with van der Waals surface area (Å²) in [5.41, 5.74) is 1.72. The molecular weight excluding hydrogens is 376 g/mol. The first kappa shape index (κ1) is 19.1. The van der Waals surface area contributed by atoms with Gasteiger partial charge in [-0.3, -0.25) is 9.59 Å². The van der Waals surface area contributed by atoms with Gasteiger partial charge in [-0.2, -0.15) is 8.78 Å². The van der Waals surface area contributed by atoms with Gasteiger partial charge in [0, 0.05) is 43.2 Å². The van der Waals surface area contributed by atoms with E-state index in [-0.39, 0.29) is 22.4 Å². The smallest absolute Gasteiger partial charge is 0.352 e. The molecule has 0 unspecified atom stereocenters. The number of likely N-dealkylation sites (N-methyl/N-ethyl adjacent to an activating group) is 1. The number of carbonyl (C=O) groups is 1. The number of pyridine rings is 1. The quantitative estimate of drug-likeness (QED) is 0.859. The second-order valence-electron chi connectivity index (χ2n) is 7.58. The van der Waals surface area contributed by atoms with Gasteiger partial charge in [0.25, 0.3) is 5.56 Å². The van der Waals surface area contributed by atoms with E-state index in [0.717, 1.165) is 22.6 Å². The maximum Gasteiger partial charge on any atom is 0.352 e. The molecule has 5 nitrogen and oxygen atoms in total. The van der Waals surface area contributed by atoms with E-state index in [4.69, 9.17) is 0 Å². The summed E-state index contributed by atoms with van der Waals surface area (Å²) in [6, 6.07) is 6.29. The van der Waals surface area contributed by atoms with Crippen molar-refractivity contribution in [3.8, 4) is 11.1 Å². The zero-order valence-electron chi connectivity index (χ0n) is 16.4. The molecule has 150 valence electrons. The minimum Gasteiger partial charge on any atom is -0.371 e. The minimum atomic E-state index is -3.60. The van der Waals surface area contributed by atoms with Crippen LogP contribution in [0.15, 0.2) is 53.6 Å². The largest absolute Gasteiger partial charge is 0.371 e. The molecule has 1 N–H and O–H groups in total. The first-order chi connectivity index (χ1) is 13.7. The highest BCUT2D eigenvalue weighted by Gasteiger charge is 2.51. The highest BCUT2D eigenvalue weighted by atomic mass is 19.3. The lowest BCUT2D eigenvalue weighted by atomic mass is 9.98. The van der Waals surface area contributed by atoms with Crippen LogP contribution in [0, 0.1) is 0 Å². The van der Waals surface area contributed by atoms with Gasteiger partial charge in [0.2, 0.25) is 0 Å². The highest BCUT2D eigenvalue weighted by molar-refractivity contribution is 6.05. The second-order valence-corrected chi connectivity index (χ2v) is 7.58. The van der Waals surface area contributed by atoms with Crippen LogP contribution in [0.25, 0.3) is 16.7 Å². The van der Waals surface area contributed by atoms with Crippen molar-refractivity contribution in [2.75, 3.05) is 18.5 Å². The number of aromatic amines is 1. The Morgan fingerprint density at radius 3 is 2.62 bits per heavy atom. The van der Waals surface area contributed by atoms with E-state index in [1.807, 2.05) is 18.4 Å².